The summed E-state index contributed by atoms with van der Waals surface area (Å²) in [5.74, 6) is 0.292. The second kappa shape index (κ2) is 5.40. The summed E-state index contributed by atoms with van der Waals surface area (Å²) >= 11 is 0. The normalized spacial score (nSPS) is 28.6. The van der Waals surface area contributed by atoms with Gasteiger partial charge in [0.2, 0.25) is 0 Å². The number of carbonyl (C=O) groups is 1. The van der Waals surface area contributed by atoms with E-state index in [9.17, 15) is 4.79 Å². The highest BCUT2D eigenvalue weighted by molar-refractivity contribution is 5.92. The lowest BCUT2D eigenvalue weighted by molar-refractivity contribution is -0.170. The van der Waals surface area contributed by atoms with Gasteiger partial charge in [-0.15, -0.1) is 5.10 Å². The van der Waals surface area contributed by atoms with Gasteiger partial charge in [0.05, 0.1) is 0 Å². The number of hydrogen-bond donors (Lipinski definition) is 1. The van der Waals surface area contributed by atoms with Crippen LogP contribution >= 0.6 is 0 Å². The molecule has 4 nitrogen and oxygen atoms in total. The Morgan fingerprint density at radius 2 is 1.79 bits per heavy atom. The molecule has 5 rings (SSSR count). The van der Waals surface area contributed by atoms with Crippen LogP contribution in [0.1, 0.15) is 49.2 Å². The van der Waals surface area contributed by atoms with E-state index in [-0.39, 0.29) is 17.4 Å². The first-order valence-electron chi connectivity index (χ1n) is 8.69. The summed E-state index contributed by atoms with van der Waals surface area (Å²) in [6, 6.07) is 14.5. The predicted octanol–water partition coefficient (Wildman–Crippen LogP) is 3.35. The summed E-state index contributed by atoms with van der Waals surface area (Å²) in [6.07, 6.45) is 5.11. The van der Waals surface area contributed by atoms with Gasteiger partial charge < -0.3 is 5.32 Å². The summed E-state index contributed by atoms with van der Waals surface area (Å²) in [6.45, 7) is 4.38. The fraction of sp³-hybridized carbons (Fsp3) is 0.450. The molecule has 1 N–H and O–H groups in total. The number of hydrogen-bond acceptors (Lipinski definition) is 3. The van der Waals surface area contributed by atoms with Gasteiger partial charge >= 0.3 is 0 Å². The van der Waals surface area contributed by atoms with Gasteiger partial charge in [-0.1, -0.05) is 44.2 Å². The van der Waals surface area contributed by atoms with Crippen LogP contribution in [-0.4, -0.2) is 22.1 Å². The molecule has 124 valence electrons. The second-order valence-electron chi connectivity index (χ2n) is 7.84. The molecule has 1 aromatic carbocycles. The predicted molar refractivity (Wildman–Crippen MR) is 92.5 cm³/mol. The van der Waals surface area contributed by atoms with Crippen molar-refractivity contribution in [3.8, 4) is 0 Å². The Kier molecular flexibility index (Phi) is 3.44. The minimum absolute atomic E-state index is 0.111. The Hall–Kier alpha value is -2.23. The molecule has 1 heterocycles. The number of rotatable bonds is 5. The lowest BCUT2D eigenvalue weighted by Gasteiger charge is -2.74. The van der Waals surface area contributed by atoms with Gasteiger partial charge in [-0.25, -0.2) is 0 Å². The lowest BCUT2D eigenvalue weighted by atomic mass is 9.31. The number of benzene rings is 1. The van der Waals surface area contributed by atoms with E-state index in [1.165, 1.54) is 24.8 Å². The van der Waals surface area contributed by atoms with Crippen LogP contribution < -0.4 is 5.32 Å². The molecule has 3 fully saturated rings. The molecule has 1 aromatic heterocycles. The van der Waals surface area contributed by atoms with Crippen molar-refractivity contribution in [2.75, 3.05) is 0 Å². The number of nitrogens with one attached hydrogen (secondary N) is 1. The van der Waals surface area contributed by atoms with Gasteiger partial charge in [-0.2, -0.15) is 5.10 Å². The zero-order valence-electron chi connectivity index (χ0n) is 14.2. The molecule has 0 radical (unpaired) electrons. The standard InChI is InChI=1S/C20H23N3O/c1-14(2)17(22-18(24)16-9-6-10-21-23-16)20-11-19(12-20,13-20)15-7-4-3-5-8-15/h3-10,14,17H,11-13H2,1-2H3,(H,22,24). The molecule has 2 bridgehead atoms. The Morgan fingerprint density at radius 3 is 2.38 bits per heavy atom. The van der Waals surface area contributed by atoms with Crippen LogP contribution in [0.25, 0.3) is 0 Å². The fourth-order valence-corrected chi connectivity index (χ4v) is 4.96. The fourth-order valence-electron chi connectivity index (χ4n) is 4.96. The number of nitrogens with zero attached hydrogens (tertiary/aromatic N) is 2. The van der Waals surface area contributed by atoms with Crippen molar-refractivity contribution in [1.82, 2.24) is 15.5 Å². The zero-order chi connectivity index (χ0) is 16.8. The molecule has 3 aliphatic rings. The highest BCUT2D eigenvalue weighted by Gasteiger charge is 2.71. The number of carbonyl (C=O) groups excluding carboxylic acids is 1. The minimum atomic E-state index is -0.111. The Morgan fingerprint density at radius 1 is 1.08 bits per heavy atom. The van der Waals surface area contributed by atoms with E-state index in [4.69, 9.17) is 0 Å². The largest absolute Gasteiger partial charge is 0.347 e. The van der Waals surface area contributed by atoms with Crippen molar-refractivity contribution < 1.29 is 4.79 Å². The minimum Gasteiger partial charge on any atom is -0.347 e. The van der Waals surface area contributed by atoms with E-state index in [0.717, 1.165) is 0 Å². The zero-order valence-corrected chi connectivity index (χ0v) is 14.2. The number of aromatic nitrogens is 2. The van der Waals surface area contributed by atoms with E-state index in [0.29, 0.717) is 17.0 Å². The van der Waals surface area contributed by atoms with Crippen molar-refractivity contribution in [1.29, 1.82) is 0 Å². The SMILES string of the molecule is CC(C)C(NC(=O)c1cccnn1)C12CC(c3ccccc3)(C1)C2. The van der Waals surface area contributed by atoms with Crippen LogP contribution in [0, 0.1) is 11.3 Å². The molecular weight excluding hydrogens is 298 g/mol. The monoisotopic (exact) mass is 321 g/mol. The van der Waals surface area contributed by atoms with Crippen LogP contribution in [0.15, 0.2) is 48.7 Å². The summed E-state index contributed by atoms with van der Waals surface area (Å²) in [7, 11) is 0. The van der Waals surface area contributed by atoms with E-state index in [1.54, 1.807) is 18.3 Å². The van der Waals surface area contributed by atoms with E-state index in [1.807, 2.05) is 0 Å². The van der Waals surface area contributed by atoms with Gasteiger partial charge in [0.1, 0.15) is 0 Å². The molecule has 0 saturated heterocycles. The second-order valence-corrected chi connectivity index (χ2v) is 7.84. The Labute approximate surface area is 142 Å². The van der Waals surface area contributed by atoms with Gasteiger partial charge in [0.25, 0.3) is 5.91 Å². The van der Waals surface area contributed by atoms with Gasteiger partial charge in [0.15, 0.2) is 5.69 Å². The van der Waals surface area contributed by atoms with Crippen LogP contribution in [0.4, 0.5) is 0 Å². The molecule has 0 aliphatic heterocycles. The number of amides is 1. The van der Waals surface area contributed by atoms with Gasteiger partial charge in [-0.3, -0.25) is 4.79 Å². The van der Waals surface area contributed by atoms with Crippen molar-refractivity contribution in [3.63, 3.8) is 0 Å². The molecule has 0 spiro atoms. The summed E-state index contributed by atoms with van der Waals surface area (Å²) < 4.78 is 0. The Bertz CT molecular complexity index is 722. The molecule has 1 unspecified atom stereocenters. The van der Waals surface area contributed by atoms with Crippen molar-refractivity contribution in [2.24, 2.45) is 11.3 Å². The van der Waals surface area contributed by atoms with E-state index in [2.05, 4.69) is 59.7 Å². The molecule has 2 aromatic rings. The maximum absolute atomic E-state index is 12.5. The lowest BCUT2D eigenvalue weighted by Crippen LogP contribution is -2.73. The van der Waals surface area contributed by atoms with Crippen LogP contribution in [0.2, 0.25) is 0 Å². The van der Waals surface area contributed by atoms with Gasteiger partial charge in [-0.05, 0) is 53.7 Å². The summed E-state index contributed by atoms with van der Waals surface area (Å²) in [4.78, 5) is 12.5. The quantitative estimate of drug-likeness (QED) is 0.919. The average Bonchev–Trinajstić information content (AvgIpc) is 2.53. The topological polar surface area (TPSA) is 54.9 Å². The molecule has 1 atom stereocenters. The molecule has 24 heavy (non-hydrogen) atoms. The third kappa shape index (κ3) is 2.24. The van der Waals surface area contributed by atoms with Crippen molar-refractivity contribution in [2.45, 2.75) is 44.6 Å². The average molecular weight is 321 g/mol. The maximum Gasteiger partial charge on any atom is 0.272 e. The molecule has 4 heteroatoms. The maximum atomic E-state index is 12.5. The summed E-state index contributed by atoms with van der Waals surface area (Å²) in [5, 5.41) is 11.0. The smallest absolute Gasteiger partial charge is 0.272 e. The summed E-state index contributed by atoms with van der Waals surface area (Å²) in [5.41, 5.74) is 2.45. The highest BCUT2D eigenvalue weighted by Crippen LogP contribution is 2.75. The van der Waals surface area contributed by atoms with Crippen molar-refractivity contribution >= 4 is 5.91 Å². The third-order valence-corrected chi connectivity index (χ3v) is 5.88. The van der Waals surface area contributed by atoms with Gasteiger partial charge in [0, 0.05) is 12.2 Å². The molecule has 1 amide bonds. The highest BCUT2D eigenvalue weighted by atomic mass is 16.2. The van der Waals surface area contributed by atoms with Crippen LogP contribution in [0.3, 0.4) is 0 Å². The van der Waals surface area contributed by atoms with Crippen molar-refractivity contribution in [3.05, 3.63) is 59.9 Å². The van der Waals surface area contributed by atoms with E-state index >= 15 is 0 Å². The van der Waals surface area contributed by atoms with Crippen LogP contribution in [-0.2, 0) is 5.41 Å². The first-order valence-corrected chi connectivity index (χ1v) is 8.69. The molecular formula is C20H23N3O. The molecule has 3 saturated carbocycles. The van der Waals surface area contributed by atoms with Crippen LogP contribution in [0.5, 0.6) is 0 Å². The first-order chi connectivity index (χ1) is 11.5. The molecule has 3 aliphatic carbocycles. The Balaban J connectivity index is 1.48. The van der Waals surface area contributed by atoms with E-state index < -0.39 is 0 Å². The third-order valence-electron chi connectivity index (χ3n) is 5.88. The first kappa shape index (κ1) is 15.3.